The molecule has 0 aliphatic heterocycles. The fourth-order valence-electron chi connectivity index (χ4n) is 7.90. The Bertz CT molecular complexity index is 686. The predicted octanol–water partition coefficient (Wildman–Crippen LogP) is 17.9. The molecule has 0 saturated carbocycles. The minimum atomic E-state index is -0.363. The lowest BCUT2D eigenvalue weighted by molar-refractivity contribution is -0.0157. The molecule has 0 aromatic rings. The van der Waals surface area contributed by atoms with Crippen molar-refractivity contribution >= 4 is 0 Å². The standard InChI is InChI=1S/C51H100O2/c1-4-7-10-13-16-18-20-22-24-25-26-27-28-29-30-32-34-36-38-40-43-46-49-53-51(48-45-42-15-12-9-6-3)50(52)47-44-41-39-37-35-33-31-23-21-19-17-14-11-8-5-2/h5,45,48,50-52H,2,4,6-44,46-47,49H2,1,3H3/b48-45-. The molecule has 2 nitrogen and oxygen atoms in total. The average Bonchev–Trinajstić information content (AvgIpc) is 3.17. The van der Waals surface area contributed by atoms with E-state index in [2.05, 4.69) is 32.6 Å². The lowest BCUT2D eigenvalue weighted by Crippen LogP contribution is -2.27. The van der Waals surface area contributed by atoms with Crippen LogP contribution < -0.4 is 0 Å². The van der Waals surface area contributed by atoms with Gasteiger partial charge in [0.15, 0.2) is 0 Å². The van der Waals surface area contributed by atoms with Gasteiger partial charge >= 0.3 is 0 Å². The first-order valence-corrected chi connectivity index (χ1v) is 24.8. The molecule has 0 spiro atoms. The van der Waals surface area contributed by atoms with Gasteiger partial charge in [0, 0.05) is 6.61 Å². The van der Waals surface area contributed by atoms with Crippen molar-refractivity contribution in [1.29, 1.82) is 0 Å². The first-order valence-electron chi connectivity index (χ1n) is 24.8. The highest BCUT2D eigenvalue weighted by Crippen LogP contribution is 2.18. The lowest BCUT2D eigenvalue weighted by Gasteiger charge is -2.21. The summed E-state index contributed by atoms with van der Waals surface area (Å²) in [6, 6.07) is 0. The Labute approximate surface area is 336 Å². The maximum atomic E-state index is 11.1. The van der Waals surface area contributed by atoms with Crippen molar-refractivity contribution in [2.45, 2.75) is 296 Å². The lowest BCUT2D eigenvalue weighted by atomic mass is 10.0. The second-order valence-electron chi connectivity index (χ2n) is 17.1. The molecule has 0 aliphatic carbocycles. The summed E-state index contributed by atoms with van der Waals surface area (Å²) in [6.07, 6.45) is 63.1. The van der Waals surface area contributed by atoms with E-state index in [1.165, 1.54) is 244 Å². The summed E-state index contributed by atoms with van der Waals surface area (Å²) in [6.45, 7) is 9.18. The molecule has 0 heterocycles. The number of unbranched alkanes of at least 4 members (excludes halogenated alkanes) is 38. The molecule has 2 atom stereocenters. The van der Waals surface area contributed by atoms with E-state index in [4.69, 9.17) is 4.74 Å². The first-order chi connectivity index (χ1) is 26.3. The zero-order chi connectivity index (χ0) is 38.4. The Morgan fingerprint density at radius 3 is 1.08 bits per heavy atom. The second kappa shape index (κ2) is 47.6. The number of rotatable bonds is 47. The van der Waals surface area contributed by atoms with E-state index in [1.54, 1.807) is 0 Å². The molecule has 0 amide bonds. The van der Waals surface area contributed by atoms with Crippen LogP contribution in [0.15, 0.2) is 24.8 Å². The summed E-state index contributed by atoms with van der Waals surface area (Å²) in [5.74, 6) is 0. The summed E-state index contributed by atoms with van der Waals surface area (Å²) in [5.41, 5.74) is 0. The molecule has 2 unspecified atom stereocenters. The Morgan fingerprint density at radius 1 is 0.396 bits per heavy atom. The molecule has 0 bridgehead atoms. The number of aliphatic hydroxyl groups excluding tert-OH is 1. The van der Waals surface area contributed by atoms with Crippen molar-refractivity contribution in [3.63, 3.8) is 0 Å². The third kappa shape index (κ3) is 44.0. The molecule has 1 N–H and O–H groups in total. The zero-order valence-electron chi connectivity index (χ0n) is 36.9. The number of hydrogen-bond acceptors (Lipinski definition) is 2. The molecule has 0 rings (SSSR count). The van der Waals surface area contributed by atoms with Crippen LogP contribution in [0.1, 0.15) is 284 Å². The van der Waals surface area contributed by atoms with Gasteiger partial charge in [-0.05, 0) is 38.5 Å². The third-order valence-electron chi connectivity index (χ3n) is 11.6. The van der Waals surface area contributed by atoms with Gasteiger partial charge in [0.25, 0.3) is 0 Å². The monoisotopic (exact) mass is 745 g/mol. The first kappa shape index (κ1) is 52.4. The van der Waals surface area contributed by atoms with E-state index in [0.717, 1.165) is 32.3 Å². The van der Waals surface area contributed by atoms with Crippen LogP contribution in [0, 0.1) is 0 Å². The Morgan fingerprint density at radius 2 is 0.698 bits per heavy atom. The van der Waals surface area contributed by atoms with Crippen LogP contribution in [-0.2, 0) is 4.74 Å². The summed E-state index contributed by atoms with van der Waals surface area (Å²) in [7, 11) is 0. The fourth-order valence-corrected chi connectivity index (χ4v) is 7.90. The van der Waals surface area contributed by atoms with Crippen LogP contribution in [0.3, 0.4) is 0 Å². The Hall–Kier alpha value is -0.600. The van der Waals surface area contributed by atoms with E-state index < -0.39 is 0 Å². The summed E-state index contributed by atoms with van der Waals surface area (Å²) >= 11 is 0. The number of aliphatic hydroxyl groups is 1. The van der Waals surface area contributed by atoms with Gasteiger partial charge in [-0.1, -0.05) is 263 Å². The topological polar surface area (TPSA) is 29.5 Å². The van der Waals surface area contributed by atoms with Crippen molar-refractivity contribution < 1.29 is 9.84 Å². The molecule has 316 valence electrons. The maximum Gasteiger partial charge on any atom is 0.101 e. The van der Waals surface area contributed by atoms with Crippen LogP contribution in [0.25, 0.3) is 0 Å². The van der Waals surface area contributed by atoms with Crippen molar-refractivity contribution in [3.05, 3.63) is 24.8 Å². The van der Waals surface area contributed by atoms with E-state index in [1.807, 2.05) is 6.08 Å². The molecule has 0 radical (unpaired) electrons. The highest BCUT2D eigenvalue weighted by atomic mass is 16.5. The van der Waals surface area contributed by atoms with Crippen LogP contribution in [0.2, 0.25) is 0 Å². The summed E-state index contributed by atoms with van der Waals surface area (Å²) in [4.78, 5) is 0. The van der Waals surface area contributed by atoms with E-state index in [9.17, 15) is 5.11 Å². The van der Waals surface area contributed by atoms with Crippen LogP contribution >= 0.6 is 0 Å². The van der Waals surface area contributed by atoms with Gasteiger partial charge in [0.1, 0.15) is 6.10 Å². The van der Waals surface area contributed by atoms with E-state index >= 15 is 0 Å². The summed E-state index contributed by atoms with van der Waals surface area (Å²) < 4.78 is 6.31. The van der Waals surface area contributed by atoms with Gasteiger partial charge in [-0.3, -0.25) is 0 Å². The zero-order valence-corrected chi connectivity index (χ0v) is 36.9. The largest absolute Gasteiger partial charge is 0.390 e. The number of ether oxygens (including phenoxy) is 1. The minimum absolute atomic E-state index is 0.127. The van der Waals surface area contributed by atoms with Crippen molar-refractivity contribution in [1.82, 2.24) is 0 Å². The molecule has 53 heavy (non-hydrogen) atoms. The molecule has 2 heteroatoms. The van der Waals surface area contributed by atoms with Crippen LogP contribution in [0.5, 0.6) is 0 Å². The Kier molecular flexibility index (Phi) is 47.0. The predicted molar refractivity (Wildman–Crippen MR) is 240 cm³/mol. The SMILES string of the molecule is C=CCCCCCCCCCCCCCCCC(O)C(/C=C\CCCCCC)OCCCCCCCCCCCCCCCCCCCCCCCC. The van der Waals surface area contributed by atoms with Crippen molar-refractivity contribution in [2.75, 3.05) is 6.61 Å². The molecular weight excluding hydrogens is 645 g/mol. The fraction of sp³-hybridized carbons (Fsp3) is 0.922. The minimum Gasteiger partial charge on any atom is -0.390 e. The number of allylic oxidation sites excluding steroid dienone is 2. The quantitative estimate of drug-likeness (QED) is 0.0497. The van der Waals surface area contributed by atoms with Crippen molar-refractivity contribution in [2.24, 2.45) is 0 Å². The highest BCUT2D eigenvalue weighted by molar-refractivity contribution is 4.93. The van der Waals surface area contributed by atoms with E-state index in [0.29, 0.717) is 0 Å². The van der Waals surface area contributed by atoms with Gasteiger partial charge in [-0.15, -0.1) is 6.58 Å². The van der Waals surface area contributed by atoms with Gasteiger partial charge in [-0.25, -0.2) is 0 Å². The molecule has 0 aromatic carbocycles. The van der Waals surface area contributed by atoms with Crippen LogP contribution in [0.4, 0.5) is 0 Å². The third-order valence-corrected chi connectivity index (χ3v) is 11.6. The van der Waals surface area contributed by atoms with Crippen LogP contribution in [-0.4, -0.2) is 23.9 Å². The molecule has 0 fully saturated rings. The summed E-state index contributed by atoms with van der Waals surface area (Å²) in [5, 5.41) is 11.1. The van der Waals surface area contributed by atoms with Gasteiger partial charge in [0.2, 0.25) is 0 Å². The van der Waals surface area contributed by atoms with Gasteiger partial charge in [-0.2, -0.15) is 0 Å². The molecule has 0 aromatic heterocycles. The smallest absolute Gasteiger partial charge is 0.101 e. The second-order valence-corrected chi connectivity index (χ2v) is 17.1. The number of hydrogen-bond donors (Lipinski definition) is 1. The molecular formula is C51H100O2. The van der Waals surface area contributed by atoms with Crippen molar-refractivity contribution in [3.8, 4) is 0 Å². The Balaban J connectivity index is 3.79. The molecule has 0 saturated heterocycles. The van der Waals surface area contributed by atoms with Gasteiger partial charge < -0.3 is 9.84 Å². The van der Waals surface area contributed by atoms with Gasteiger partial charge in [0.05, 0.1) is 6.10 Å². The maximum absolute atomic E-state index is 11.1. The highest BCUT2D eigenvalue weighted by Gasteiger charge is 2.16. The molecule has 0 aliphatic rings. The normalized spacial score (nSPS) is 13.0. The van der Waals surface area contributed by atoms with E-state index in [-0.39, 0.29) is 12.2 Å². The average molecular weight is 745 g/mol.